The smallest absolute Gasteiger partial charge is 0.308 e. The van der Waals surface area contributed by atoms with Crippen molar-refractivity contribution in [3.63, 3.8) is 0 Å². The molecule has 0 spiro atoms. The molecule has 0 radical (unpaired) electrons. The van der Waals surface area contributed by atoms with E-state index in [1.54, 1.807) is 12.1 Å². The van der Waals surface area contributed by atoms with E-state index in [1.807, 2.05) is 30.9 Å². The van der Waals surface area contributed by atoms with Crippen LogP contribution >= 0.6 is 0 Å². The van der Waals surface area contributed by atoms with Crippen molar-refractivity contribution >= 4 is 16.0 Å². The van der Waals surface area contributed by atoms with E-state index in [1.165, 1.54) is 6.92 Å². The predicted molar refractivity (Wildman–Crippen MR) is 89.6 cm³/mol. The fraction of sp³-hybridized carbons (Fsp3) is 0.588. The van der Waals surface area contributed by atoms with Crippen LogP contribution in [-0.4, -0.2) is 31.0 Å². The van der Waals surface area contributed by atoms with Gasteiger partial charge in [0.05, 0.1) is 5.75 Å². The Balaban J connectivity index is 2.04. The van der Waals surface area contributed by atoms with Crippen LogP contribution in [0.3, 0.4) is 0 Å². The van der Waals surface area contributed by atoms with Crippen molar-refractivity contribution in [2.75, 3.05) is 5.75 Å². The molecule has 0 aliphatic heterocycles. The Labute approximate surface area is 138 Å². The van der Waals surface area contributed by atoms with Crippen LogP contribution in [-0.2, 0) is 21.5 Å². The molecule has 6 heteroatoms. The second-order valence-corrected chi connectivity index (χ2v) is 8.12. The summed E-state index contributed by atoms with van der Waals surface area (Å²) in [5, 5.41) is 0. The Morgan fingerprint density at radius 3 is 2.30 bits per heavy atom. The topological polar surface area (TPSA) is 63.7 Å². The highest BCUT2D eigenvalue weighted by Crippen LogP contribution is 2.29. The van der Waals surface area contributed by atoms with Crippen molar-refractivity contribution in [3.8, 4) is 5.75 Å². The molecule has 128 valence electrons. The third-order valence-corrected chi connectivity index (χ3v) is 5.37. The number of carbonyl (C=O) groups excluding carboxylic acids is 1. The van der Waals surface area contributed by atoms with Crippen LogP contribution in [0.2, 0.25) is 0 Å². The molecular formula is C17H25NO4S. The van der Waals surface area contributed by atoms with Gasteiger partial charge < -0.3 is 9.08 Å². The SMILES string of the molecule is CCS(=O)(=O)Oc1ccc(CN(C(=O)C2CCC2)C(C)C)cc1. The molecule has 1 saturated carbocycles. The van der Waals surface area contributed by atoms with Crippen LogP contribution in [0.25, 0.3) is 0 Å². The average molecular weight is 339 g/mol. The molecule has 0 saturated heterocycles. The molecule has 1 aliphatic carbocycles. The lowest BCUT2D eigenvalue weighted by molar-refractivity contribution is -0.140. The van der Waals surface area contributed by atoms with E-state index >= 15 is 0 Å². The third-order valence-electron chi connectivity index (χ3n) is 4.21. The van der Waals surface area contributed by atoms with Gasteiger partial charge in [-0.3, -0.25) is 4.79 Å². The largest absolute Gasteiger partial charge is 0.382 e. The first-order valence-electron chi connectivity index (χ1n) is 8.14. The summed E-state index contributed by atoms with van der Waals surface area (Å²) in [7, 11) is -3.51. The summed E-state index contributed by atoms with van der Waals surface area (Å²) in [6.07, 6.45) is 3.12. The van der Waals surface area contributed by atoms with E-state index in [2.05, 4.69) is 0 Å². The molecular weight excluding hydrogens is 314 g/mol. The second kappa shape index (κ2) is 7.34. The van der Waals surface area contributed by atoms with Gasteiger partial charge in [-0.25, -0.2) is 0 Å². The minimum atomic E-state index is -3.51. The summed E-state index contributed by atoms with van der Waals surface area (Å²) in [4.78, 5) is 14.4. The number of hydrogen-bond acceptors (Lipinski definition) is 4. The maximum atomic E-state index is 12.5. The maximum Gasteiger partial charge on any atom is 0.308 e. The van der Waals surface area contributed by atoms with Crippen LogP contribution in [0.5, 0.6) is 5.75 Å². The van der Waals surface area contributed by atoms with Crippen LogP contribution < -0.4 is 4.18 Å². The molecule has 1 aromatic carbocycles. The molecule has 0 aromatic heterocycles. The Morgan fingerprint density at radius 2 is 1.87 bits per heavy atom. The summed E-state index contributed by atoms with van der Waals surface area (Å²) in [5.41, 5.74) is 0.965. The summed E-state index contributed by atoms with van der Waals surface area (Å²) in [6, 6.07) is 7.02. The van der Waals surface area contributed by atoms with Crippen LogP contribution in [0, 0.1) is 5.92 Å². The van der Waals surface area contributed by atoms with Gasteiger partial charge in [-0.15, -0.1) is 0 Å². The molecule has 0 unspecified atom stereocenters. The quantitative estimate of drug-likeness (QED) is 0.717. The standard InChI is InChI=1S/C17H25NO4S/c1-4-23(20,21)22-16-10-8-14(9-11-16)12-18(13(2)3)17(19)15-6-5-7-15/h8-11,13,15H,4-7,12H2,1-3H3. The monoisotopic (exact) mass is 339 g/mol. The molecule has 0 atom stereocenters. The number of benzene rings is 1. The van der Waals surface area contributed by atoms with Gasteiger partial charge in [0.2, 0.25) is 5.91 Å². The van der Waals surface area contributed by atoms with E-state index in [9.17, 15) is 13.2 Å². The second-order valence-electron chi connectivity index (χ2n) is 6.26. The average Bonchev–Trinajstić information content (AvgIpc) is 2.43. The van der Waals surface area contributed by atoms with Gasteiger partial charge in [-0.05, 0) is 51.3 Å². The number of amides is 1. The summed E-state index contributed by atoms with van der Waals surface area (Å²) < 4.78 is 27.9. The lowest BCUT2D eigenvalue weighted by Gasteiger charge is -2.34. The molecule has 1 aromatic rings. The molecule has 1 aliphatic rings. The summed E-state index contributed by atoms with van der Waals surface area (Å²) in [5.74, 6) is 0.637. The zero-order chi connectivity index (χ0) is 17.0. The Hall–Kier alpha value is -1.56. The summed E-state index contributed by atoms with van der Waals surface area (Å²) >= 11 is 0. The number of nitrogens with zero attached hydrogens (tertiary/aromatic N) is 1. The zero-order valence-electron chi connectivity index (χ0n) is 14.0. The highest BCUT2D eigenvalue weighted by Gasteiger charge is 2.30. The molecule has 0 N–H and O–H groups in total. The Kier molecular flexibility index (Phi) is 5.68. The first-order chi connectivity index (χ1) is 10.8. The summed E-state index contributed by atoms with van der Waals surface area (Å²) in [6.45, 7) is 6.10. The minimum Gasteiger partial charge on any atom is -0.382 e. The number of hydrogen-bond donors (Lipinski definition) is 0. The van der Waals surface area contributed by atoms with Crippen LogP contribution in [0.15, 0.2) is 24.3 Å². The molecule has 1 fully saturated rings. The molecule has 0 heterocycles. The lowest BCUT2D eigenvalue weighted by atomic mass is 9.84. The molecule has 5 nitrogen and oxygen atoms in total. The molecule has 23 heavy (non-hydrogen) atoms. The van der Waals surface area contributed by atoms with Crippen LogP contribution in [0.1, 0.15) is 45.6 Å². The fourth-order valence-electron chi connectivity index (χ4n) is 2.46. The van der Waals surface area contributed by atoms with E-state index in [0.717, 1.165) is 24.8 Å². The van der Waals surface area contributed by atoms with Crippen LogP contribution in [0.4, 0.5) is 0 Å². The van der Waals surface area contributed by atoms with Crippen molar-refractivity contribution in [1.29, 1.82) is 0 Å². The van der Waals surface area contributed by atoms with E-state index < -0.39 is 10.1 Å². The first-order valence-corrected chi connectivity index (χ1v) is 9.71. The van der Waals surface area contributed by atoms with Crippen molar-refractivity contribution < 1.29 is 17.4 Å². The van der Waals surface area contributed by atoms with Gasteiger partial charge in [-0.2, -0.15) is 8.42 Å². The Bertz CT molecular complexity index is 633. The first kappa shape index (κ1) is 17.8. The molecule has 0 bridgehead atoms. The third kappa shape index (κ3) is 4.70. The van der Waals surface area contributed by atoms with Gasteiger partial charge in [0.25, 0.3) is 0 Å². The molecule has 1 amide bonds. The maximum absolute atomic E-state index is 12.5. The van der Waals surface area contributed by atoms with Gasteiger partial charge in [0, 0.05) is 18.5 Å². The van der Waals surface area contributed by atoms with Crippen molar-refractivity contribution in [2.45, 2.75) is 52.6 Å². The van der Waals surface area contributed by atoms with E-state index in [4.69, 9.17) is 4.18 Å². The highest BCUT2D eigenvalue weighted by atomic mass is 32.2. The highest BCUT2D eigenvalue weighted by molar-refractivity contribution is 7.87. The zero-order valence-corrected chi connectivity index (χ0v) is 14.8. The predicted octanol–water partition coefficient (Wildman–Crippen LogP) is 2.95. The van der Waals surface area contributed by atoms with Crippen molar-refractivity contribution in [3.05, 3.63) is 29.8 Å². The normalized spacial score (nSPS) is 15.3. The molecule has 2 rings (SSSR count). The lowest BCUT2D eigenvalue weighted by Crippen LogP contribution is -2.42. The van der Waals surface area contributed by atoms with Crippen molar-refractivity contribution in [1.82, 2.24) is 4.90 Å². The van der Waals surface area contributed by atoms with Gasteiger partial charge in [-0.1, -0.05) is 18.6 Å². The van der Waals surface area contributed by atoms with E-state index in [-0.39, 0.29) is 23.6 Å². The minimum absolute atomic E-state index is 0.0637. The van der Waals surface area contributed by atoms with Gasteiger partial charge >= 0.3 is 10.1 Å². The Morgan fingerprint density at radius 1 is 1.26 bits per heavy atom. The van der Waals surface area contributed by atoms with Crippen molar-refractivity contribution in [2.24, 2.45) is 5.92 Å². The number of rotatable bonds is 7. The fourth-order valence-corrected chi connectivity index (χ4v) is 2.98. The van der Waals surface area contributed by atoms with Gasteiger partial charge in [0.15, 0.2) is 0 Å². The number of carbonyl (C=O) groups is 1. The van der Waals surface area contributed by atoms with E-state index in [0.29, 0.717) is 12.3 Å². The van der Waals surface area contributed by atoms with Gasteiger partial charge in [0.1, 0.15) is 5.75 Å².